The van der Waals surface area contributed by atoms with E-state index in [4.69, 9.17) is 5.11 Å². The summed E-state index contributed by atoms with van der Waals surface area (Å²) in [6.07, 6.45) is 1.73. The van der Waals surface area contributed by atoms with E-state index in [9.17, 15) is 9.90 Å². The molecule has 0 saturated carbocycles. The van der Waals surface area contributed by atoms with Crippen LogP contribution in [-0.4, -0.2) is 27.5 Å². The van der Waals surface area contributed by atoms with Gasteiger partial charge >= 0.3 is 0 Å². The molecular weight excluding hydrogens is 212 g/mol. The molecule has 0 aliphatic heterocycles. The van der Waals surface area contributed by atoms with Crippen LogP contribution in [0.15, 0.2) is 30.9 Å². The molecule has 0 saturated heterocycles. The number of hydrogen-bond acceptors (Lipinski definition) is 4. The summed E-state index contributed by atoms with van der Waals surface area (Å²) in [5, 5.41) is 18.3. The van der Waals surface area contributed by atoms with Crippen molar-refractivity contribution in [3.63, 3.8) is 0 Å². The zero-order chi connectivity index (χ0) is 11.3. The molecule has 0 radical (unpaired) electrons. The van der Waals surface area contributed by atoms with Crippen molar-refractivity contribution in [2.45, 2.75) is 0 Å². The Labute approximate surface area is 92.4 Å². The molecule has 3 nitrogen and oxygen atoms in total. The molecule has 0 bridgehead atoms. The molecule has 4 heteroatoms. The number of carbonyl (C=O) groups excluding carboxylic acids is 1. The van der Waals surface area contributed by atoms with Crippen LogP contribution in [0.3, 0.4) is 0 Å². The van der Waals surface area contributed by atoms with Gasteiger partial charge in [0.2, 0.25) is 0 Å². The lowest BCUT2D eigenvalue weighted by Crippen LogP contribution is -2.02. The Hall–Kier alpha value is -1.42. The van der Waals surface area contributed by atoms with Gasteiger partial charge in [0.15, 0.2) is 17.3 Å². The first-order valence-electron chi connectivity index (χ1n) is 4.39. The lowest BCUT2D eigenvalue weighted by molar-refractivity contribution is 0.102. The number of Topliss-reactive ketones (excluding diaryl/α,β-unsaturated/α-hetero) is 1. The fourth-order valence-corrected chi connectivity index (χ4v) is 1.65. The van der Waals surface area contributed by atoms with Crippen molar-refractivity contribution in [2.75, 3.05) is 11.5 Å². The molecule has 0 heterocycles. The molecule has 0 aromatic heterocycles. The van der Waals surface area contributed by atoms with E-state index in [1.807, 2.05) is 0 Å². The van der Waals surface area contributed by atoms with Crippen molar-refractivity contribution in [3.8, 4) is 11.5 Å². The summed E-state index contributed by atoms with van der Waals surface area (Å²) in [4.78, 5) is 11.5. The smallest absolute Gasteiger partial charge is 0.172 e. The molecule has 0 spiro atoms. The fourth-order valence-electron chi connectivity index (χ4n) is 1.02. The van der Waals surface area contributed by atoms with E-state index in [0.717, 1.165) is 5.75 Å². The van der Waals surface area contributed by atoms with Gasteiger partial charge in [0, 0.05) is 11.3 Å². The zero-order valence-corrected chi connectivity index (χ0v) is 8.96. The SMILES string of the molecule is C=CCSCC(=O)c1ccc(O)c(O)c1. The largest absolute Gasteiger partial charge is 0.504 e. The van der Waals surface area contributed by atoms with Crippen LogP contribution in [0.4, 0.5) is 0 Å². The molecule has 1 aromatic rings. The van der Waals surface area contributed by atoms with Gasteiger partial charge in [-0.3, -0.25) is 4.79 Å². The van der Waals surface area contributed by atoms with Crippen LogP contribution >= 0.6 is 11.8 Å². The van der Waals surface area contributed by atoms with Crippen LogP contribution in [0.25, 0.3) is 0 Å². The van der Waals surface area contributed by atoms with E-state index in [2.05, 4.69) is 6.58 Å². The van der Waals surface area contributed by atoms with Gasteiger partial charge in [0.05, 0.1) is 5.75 Å². The Morgan fingerprint density at radius 3 is 2.73 bits per heavy atom. The van der Waals surface area contributed by atoms with Crippen molar-refractivity contribution >= 4 is 17.5 Å². The standard InChI is InChI=1S/C11H12O3S/c1-2-5-15-7-11(14)8-3-4-9(12)10(13)6-8/h2-4,6,12-13H,1,5,7H2. The molecule has 0 atom stereocenters. The van der Waals surface area contributed by atoms with Crippen molar-refractivity contribution in [1.29, 1.82) is 0 Å². The number of carbonyl (C=O) groups is 1. The molecular formula is C11H12O3S. The maximum absolute atomic E-state index is 11.5. The minimum atomic E-state index is -0.269. The highest BCUT2D eigenvalue weighted by Crippen LogP contribution is 2.25. The molecule has 1 rings (SSSR count). The minimum absolute atomic E-state index is 0.0721. The number of phenolic OH excluding ortho intramolecular Hbond substituents is 2. The average molecular weight is 224 g/mol. The average Bonchev–Trinajstić information content (AvgIpc) is 2.22. The molecule has 80 valence electrons. The molecule has 0 fully saturated rings. The maximum atomic E-state index is 11.5. The van der Waals surface area contributed by atoms with E-state index in [-0.39, 0.29) is 17.3 Å². The summed E-state index contributed by atoms with van der Waals surface area (Å²) in [5.41, 5.74) is 0.405. The number of phenols is 2. The highest BCUT2D eigenvalue weighted by Gasteiger charge is 2.08. The summed E-state index contributed by atoms with van der Waals surface area (Å²) < 4.78 is 0. The molecule has 2 N–H and O–H groups in total. The molecule has 0 aliphatic rings. The number of thioether (sulfide) groups is 1. The first kappa shape index (κ1) is 11.7. The van der Waals surface area contributed by atoms with Crippen LogP contribution in [0.2, 0.25) is 0 Å². The van der Waals surface area contributed by atoms with Crippen molar-refractivity contribution in [2.24, 2.45) is 0 Å². The van der Waals surface area contributed by atoms with Gasteiger partial charge in [0.25, 0.3) is 0 Å². The first-order chi connectivity index (χ1) is 7.15. The van der Waals surface area contributed by atoms with E-state index < -0.39 is 0 Å². The second kappa shape index (κ2) is 5.46. The van der Waals surface area contributed by atoms with Gasteiger partial charge in [-0.25, -0.2) is 0 Å². The van der Waals surface area contributed by atoms with Crippen molar-refractivity contribution in [1.82, 2.24) is 0 Å². The van der Waals surface area contributed by atoms with Gasteiger partial charge in [0.1, 0.15) is 0 Å². The quantitative estimate of drug-likeness (QED) is 0.348. The second-order valence-electron chi connectivity index (χ2n) is 2.93. The third-order valence-electron chi connectivity index (χ3n) is 1.77. The Morgan fingerprint density at radius 1 is 1.40 bits per heavy atom. The first-order valence-corrected chi connectivity index (χ1v) is 5.54. The molecule has 1 aromatic carbocycles. The van der Waals surface area contributed by atoms with Crippen LogP contribution in [-0.2, 0) is 0 Å². The van der Waals surface area contributed by atoms with Gasteiger partial charge in [-0.2, -0.15) is 0 Å². The minimum Gasteiger partial charge on any atom is -0.504 e. The van der Waals surface area contributed by atoms with Crippen LogP contribution in [0, 0.1) is 0 Å². The molecule has 0 unspecified atom stereocenters. The highest BCUT2D eigenvalue weighted by molar-refractivity contribution is 8.00. The van der Waals surface area contributed by atoms with E-state index in [0.29, 0.717) is 11.3 Å². The summed E-state index contributed by atoms with van der Waals surface area (Å²) in [6, 6.07) is 4.07. The lowest BCUT2D eigenvalue weighted by Gasteiger charge is -2.02. The van der Waals surface area contributed by atoms with Gasteiger partial charge in [-0.15, -0.1) is 18.3 Å². The van der Waals surface area contributed by atoms with E-state index in [1.165, 1.54) is 30.0 Å². The Kier molecular flexibility index (Phi) is 4.24. The number of aromatic hydroxyl groups is 2. The third kappa shape index (κ3) is 3.32. The topological polar surface area (TPSA) is 57.5 Å². The fraction of sp³-hybridized carbons (Fsp3) is 0.182. The van der Waals surface area contributed by atoms with E-state index in [1.54, 1.807) is 6.08 Å². The Balaban J connectivity index is 2.65. The van der Waals surface area contributed by atoms with Gasteiger partial charge in [-0.1, -0.05) is 6.08 Å². The van der Waals surface area contributed by atoms with Crippen LogP contribution < -0.4 is 0 Å². The highest BCUT2D eigenvalue weighted by atomic mass is 32.2. The van der Waals surface area contributed by atoms with Gasteiger partial charge in [-0.05, 0) is 18.2 Å². The lowest BCUT2D eigenvalue weighted by atomic mass is 10.1. The Morgan fingerprint density at radius 2 is 2.13 bits per heavy atom. The molecule has 15 heavy (non-hydrogen) atoms. The summed E-state index contributed by atoms with van der Waals surface area (Å²) in [6.45, 7) is 3.55. The monoisotopic (exact) mass is 224 g/mol. The van der Waals surface area contributed by atoms with Crippen molar-refractivity contribution < 1.29 is 15.0 Å². The zero-order valence-electron chi connectivity index (χ0n) is 8.14. The number of benzene rings is 1. The normalized spacial score (nSPS) is 9.87. The number of rotatable bonds is 5. The van der Waals surface area contributed by atoms with E-state index >= 15 is 0 Å². The van der Waals surface area contributed by atoms with Crippen LogP contribution in [0.5, 0.6) is 11.5 Å². The summed E-state index contributed by atoms with van der Waals surface area (Å²) in [5.74, 6) is 0.503. The van der Waals surface area contributed by atoms with Crippen LogP contribution in [0.1, 0.15) is 10.4 Å². The third-order valence-corrected chi connectivity index (χ3v) is 2.70. The number of hydrogen-bond donors (Lipinski definition) is 2. The predicted molar refractivity (Wildman–Crippen MR) is 61.6 cm³/mol. The Bertz CT molecular complexity index is 374. The summed E-state index contributed by atoms with van der Waals surface area (Å²) in [7, 11) is 0. The molecule has 0 amide bonds. The number of ketones is 1. The maximum Gasteiger partial charge on any atom is 0.172 e. The second-order valence-corrected chi connectivity index (χ2v) is 3.96. The van der Waals surface area contributed by atoms with Crippen molar-refractivity contribution in [3.05, 3.63) is 36.4 Å². The summed E-state index contributed by atoms with van der Waals surface area (Å²) >= 11 is 1.45. The van der Waals surface area contributed by atoms with Gasteiger partial charge < -0.3 is 10.2 Å². The molecule has 0 aliphatic carbocycles. The predicted octanol–water partition coefficient (Wildman–Crippen LogP) is 2.20.